The van der Waals surface area contributed by atoms with Crippen molar-refractivity contribution >= 4 is 37.4 Å². The lowest BCUT2D eigenvalue weighted by Crippen LogP contribution is -2.42. The molecule has 0 aliphatic rings. The van der Waals surface area contributed by atoms with Gasteiger partial charge in [-0.15, -0.1) is 0 Å². The van der Waals surface area contributed by atoms with Crippen molar-refractivity contribution in [2.75, 3.05) is 0 Å². The zero-order valence-electron chi connectivity index (χ0n) is 15.7. The van der Waals surface area contributed by atoms with E-state index in [2.05, 4.69) is 0 Å². The highest BCUT2D eigenvalue weighted by molar-refractivity contribution is 8.10. The van der Waals surface area contributed by atoms with Crippen LogP contribution in [0.3, 0.4) is 0 Å². The summed E-state index contributed by atoms with van der Waals surface area (Å²) in [6.07, 6.45) is 1.66. The number of sulfone groups is 2. The summed E-state index contributed by atoms with van der Waals surface area (Å²) in [4.78, 5) is -0.837. The molecule has 0 heterocycles. The summed E-state index contributed by atoms with van der Waals surface area (Å²) >= 11 is 6.06. The third-order valence-corrected chi connectivity index (χ3v) is 9.86. The predicted molar refractivity (Wildman–Crippen MR) is 116 cm³/mol. The van der Waals surface area contributed by atoms with Crippen molar-refractivity contribution in [1.29, 1.82) is 0 Å². The standard InChI is InChI=1S/C22H18ClFO4S2/c23-21-16-8-7-10-18(21)11-9-17-22(24,29(25,26)19-12-3-1-4-13-19)30(27,28)20-14-5-2-6-15-20/h1-16H,17H2/b11-9+. The average Bonchev–Trinajstić information content (AvgIpc) is 2.76. The number of rotatable bonds is 7. The minimum absolute atomic E-state index is 0.370. The Morgan fingerprint density at radius 3 is 1.63 bits per heavy atom. The fourth-order valence-corrected chi connectivity index (χ4v) is 7.15. The molecule has 0 radical (unpaired) electrons. The fourth-order valence-electron chi connectivity index (χ4n) is 2.85. The Kier molecular flexibility index (Phi) is 6.45. The number of allylic oxidation sites excluding steroid dienone is 1. The molecule has 0 amide bonds. The van der Waals surface area contributed by atoms with Crippen LogP contribution in [0.1, 0.15) is 12.0 Å². The Labute approximate surface area is 180 Å². The number of hydrogen-bond acceptors (Lipinski definition) is 4. The molecule has 0 atom stereocenters. The number of hydrogen-bond donors (Lipinski definition) is 0. The van der Waals surface area contributed by atoms with Gasteiger partial charge in [0.2, 0.25) is 19.7 Å². The van der Waals surface area contributed by atoms with Crippen LogP contribution in [0.4, 0.5) is 4.39 Å². The van der Waals surface area contributed by atoms with Crippen LogP contribution in [-0.4, -0.2) is 21.2 Å². The molecular weight excluding hydrogens is 447 g/mol. The highest BCUT2D eigenvalue weighted by atomic mass is 35.5. The van der Waals surface area contributed by atoms with Gasteiger partial charge in [-0.1, -0.05) is 78.4 Å². The van der Waals surface area contributed by atoms with Gasteiger partial charge < -0.3 is 0 Å². The first-order valence-corrected chi connectivity index (χ1v) is 12.2. The van der Waals surface area contributed by atoms with Gasteiger partial charge in [-0.2, -0.15) is 0 Å². The number of benzene rings is 3. The summed E-state index contributed by atoms with van der Waals surface area (Å²) < 4.78 is 65.3. The van der Waals surface area contributed by atoms with Gasteiger partial charge in [0.1, 0.15) is 0 Å². The van der Waals surface area contributed by atoms with E-state index >= 15 is 4.39 Å². The van der Waals surface area contributed by atoms with E-state index in [0.717, 1.165) is 0 Å². The maximum absolute atomic E-state index is 16.3. The lowest BCUT2D eigenvalue weighted by Gasteiger charge is -2.24. The summed E-state index contributed by atoms with van der Waals surface area (Å²) in [5.74, 6) is 0. The molecule has 0 aliphatic carbocycles. The molecule has 0 saturated heterocycles. The zero-order chi connectivity index (χ0) is 21.8. The van der Waals surface area contributed by atoms with Gasteiger partial charge in [-0.05, 0) is 35.9 Å². The molecular formula is C22H18ClFO4S2. The maximum atomic E-state index is 16.3. The normalized spacial score (nSPS) is 12.9. The molecule has 30 heavy (non-hydrogen) atoms. The van der Waals surface area contributed by atoms with E-state index < -0.39 is 40.2 Å². The summed E-state index contributed by atoms with van der Waals surface area (Å²) in [6.45, 7) is 0. The van der Waals surface area contributed by atoms with Gasteiger partial charge in [0.05, 0.1) is 9.79 Å². The van der Waals surface area contributed by atoms with Crippen molar-refractivity contribution in [3.63, 3.8) is 0 Å². The lowest BCUT2D eigenvalue weighted by atomic mass is 10.2. The van der Waals surface area contributed by atoms with Crippen LogP contribution in [0.15, 0.2) is 101 Å². The largest absolute Gasteiger partial charge is 0.321 e. The van der Waals surface area contributed by atoms with Gasteiger partial charge in [-0.25, -0.2) is 21.2 Å². The highest BCUT2D eigenvalue weighted by Crippen LogP contribution is 2.40. The SMILES string of the molecule is O=S(=O)(c1ccccc1)C(F)(C/C=C/c1ccccc1Cl)S(=O)(=O)c1ccccc1. The first-order chi connectivity index (χ1) is 14.2. The molecule has 3 aromatic rings. The van der Waals surface area contributed by atoms with E-state index in [9.17, 15) is 16.8 Å². The van der Waals surface area contributed by atoms with Gasteiger partial charge >= 0.3 is 4.33 Å². The number of alkyl halides is 1. The molecule has 3 rings (SSSR count). The molecule has 0 bridgehead atoms. The van der Waals surface area contributed by atoms with Crippen molar-refractivity contribution < 1.29 is 21.2 Å². The lowest BCUT2D eigenvalue weighted by molar-refractivity contribution is 0.358. The van der Waals surface area contributed by atoms with E-state index in [-0.39, 0.29) is 0 Å². The average molecular weight is 465 g/mol. The second-order valence-corrected chi connectivity index (χ2v) is 11.3. The number of halogens is 2. The monoisotopic (exact) mass is 464 g/mol. The summed E-state index contributed by atoms with van der Waals surface area (Å²) in [7, 11) is -9.82. The van der Waals surface area contributed by atoms with E-state index in [4.69, 9.17) is 11.6 Å². The van der Waals surface area contributed by atoms with Crippen LogP contribution in [0.2, 0.25) is 5.02 Å². The molecule has 0 spiro atoms. The maximum Gasteiger partial charge on any atom is 0.321 e. The Balaban J connectivity index is 2.13. The van der Waals surface area contributed by atoms with Crippen LogP contribution in [0, 0.1) is 0 Å². The molecule has 3 aromatic carbocycles. The molecule has 0 aliphatic heterocycles. The predicted octanol–water partition coefficient (Wildman–Crippen LogP) is 5.31. The van der Waals surface area contributed by atoms with E-state index in [1.165, 1.54) is 60.7 Å². The van der Waals surface area contributed by atoms with Crippen molar-refractivity contribution in [1.82, 2.24) is 0 Å². The molecule has 4 nitrogen and oxygen atoms in total. The topological polar surface area (TPSA) is 68.3 Å². The van der Waals surface area contributed by atoms with Crippen molar-refractivity contribution in [2.45, 2.75) is 20.5 Å². The van der Waals surface area contributed by atoms with Crippen molar-refractivity contribution in [2.24, 2.45) is 0 Å². The van der Waals surface area contributed by atoms with E-state index in [1.54, 1.807) is 36.4 Å². The fraction of sp³-hybridized carbons (Fsp3) is 0.0909. The van der Waals surface area contributed by atoms with Gasteiger partial charge in [0.15, 0.2) is 0 Å². The van der Waals surface area contributed by atoms with Crippen LogP contribution >= 0.6 is 11.6 Å². The minimum Gasteiger partial charge on any atom is -0.219 e. The van der Waals surface area contributed by atoms with E-state index in [1.807, 2.05) is 0 Å². The Morgan fingerprint density at radius 2 is 1.17 bits per heavy atom. The zero-order valence-corrected chi connectivity index (χ0v) is 18.0. The summed E-state index contributed by atoms with van der Waals surface area (Å²) in [5.41, 5.74) is 0.510. The van der Waals surface area contributed by atoms with Gasteiger partial charge in [-0.3, -0.25) is 0 Å². The smallest absolute Gasteiger partial charge is 0.219 e. The third kappa shape index (κ3) is 4.05. The van der Waals surface area contributed by atoms with Crippen molar-refractivity contribution in [3.8, 4) is 0 Å². The van der Waals surface area contributed by atoms with Crippen molar-refractivity contribution in [3.05, 3.63) is 102 Å². The molecule has 0 aromatic heterocycles. The third-order valence-electron chi connectivity index (χ3n) is 4.47. The quantitative estimate of drug-likeness (QED) is 0.475. The Hall–Kier alpha value is -2.48. The molecule has 8 heteroatoms. The first kappa shape index (κ1) is 22.2. The Bertz CT molecular complexity index is 1190. The second kappa shape index (κ2) is 8.71. The summed E-state index contributed by atoms with van der Waals surface area (Å²) in [6, 6.07) is 20.1. The first-order valence-electron chi connectivity index (χ1n) is 8.89. The van der Waals surface area contributed by atoms with Gasteiger partial charge in [0, 0.05) is 11.4 Å². The molecule has 0 N–H and O–H groups in total. The Morgan fingerprint density at radius 1 is 0.733 bits per heavy atom. The summed E-state index contributed by atoms with van der Waals surface area (Å²) in [5, 5.41) is 0.370. The molecule has 0 unspecified atom stereocenters. The van der Waals surface area contributed by atoms with Gasteiger partial charge in [0.25, 0.3) is 0 Å². The van der Waals surface area contributed by atoms with Crippen LogP contribution < -0.4 is 0 Å². The van der Waals surface area contributed by atoms with E-state index in [0.29, 0.717) is 10.6 Å². The highest BCUT2D eigenvalue weighted by Gasteiger charge is 2.56. The minimum atomic E-state index is -4.91. The second-order valence-electron chi connectivity index (χ2n) is 6.42. The van der Waals surface area contributed by atoms with Crippen LogP contribution in [-0.2, 0) is 19.7 Å². The molecule has 156 valence electrons. The molecule has 0 saturated carbocycles. The van der Waals surface area contributed by atoms with Crippen LogP contribution in [0.5, 0.6) is 0 Å². The molecule has 0 fully saturated rings. The van der Waals surface area contributed by atoms with Crippen LogP contribution in [0.25, 0.3) is 6.08 Å².